The first-order valence-corrected chi connectivity index (χ1v) is 16.2. The molecule has 3 rings (SSSR count). The highest BCUT2D eigenvalue weighted by Crippen LogP contribution is 2.37. The predicted molar refractivity (Wildman–Crippen MR) is 163 cm³/mol. The summed E-state index contributed by atoms with van der Waals surface area (Å²) in [4.78, 5) is 0. The SMILES string of the molecule is CCCCCC(C)C[C@@H](CO[Si](c1ccccc1)(c1ccccc1)C(C)(C)C)OCc1ccc(OC)cc1. The van der Waals surface area contributed by atoms with Gasteiger partial charge in [0.2, 0.25) is 0 Å². The maximum atomic E-state index is 7.27. The number of methoxy groups -OCH3 is 1. The monoisotopic (exact) mass is 532 g/mol. The molecule has 0 amide bonds. The average Bonchev–Trinajstić information content (AvgIpc) is 2.92. The third-order valence-corrected chi connectivity index (χ3v) is 12.5. The molecule has 3 nitrogen and oxygen atoms in total. The number of hydrogen-bond acceptors (Lipinski definition) is 3. The van der Waals surface area contributed by atoms with Gasteiger partial charge in [-0.05, 0) is 45.4 Å². The Balaban J connectivity index is 1.87. The van der Waals surface area contributed by atoms with Crippen molar-refractivity contribution in [3.05, 3.63) is 90.5 Å². The summed E-state index contributed by atoms with van der Waals surface area (Å²) in [5.41, 5.74) is 1.15. The third kappa shape index (κ3) is 8.05. The van der Waals surface area contributed by atoms with Crippen molar-refractivity contribution in [2.45, 2.75) is 84.5 Å². The van der Waals surface area contributed by atoms with Crippen LogP contribution in [-0.4, -0.2) is 28.1 Å². The number of rotatable bonds is 15. The Morgan fingerprint density at radius 3 is 1.87 bits per heavy atom. The molecular formula is C34H48O3Si. The standard InChI is InChI=1S/C34H48O3Si/c1-7-8-11-16-28(2)25-31(36-26-29-21-23-30(35-6)24-22-29)27-37-38(34(3,4)5,32-17-12-9-13-18-32)33-19-14-10-15-20-33/h9-10,12-15,17-24,28,31H,7-8,11,16,25-27H2,1-6H3/t28?,31-/m0/s1. The van der Waals surface area contributed by atoms with E-state index in [0.29, 0.717) is 19.1 Å². The van der Waals surface area contributed by atoms with Gasteiger partial charge in [-0.1, -0.05) is 133 Å². The second kappa shape index (κ2) is 14.7. The van der Waals surface area contributed by atoms with Gasteiger partial charge in [-0.2, -0.15) is 0 Å². The zero-order valence-electron chi connectivity index (χ0n) is 24.4. The van der Waals surface area contributed by atoms with Gasteiger partial charge in [-0.3, -0.25) is 0 Å². The first-order valence-electron chi connectivity index (χ1n) is 14.3. The molecule has 0 aromatic heterocycles. The summed E-state index contributed by atoms with van der Waals surface area (Å²) >= 11 is 0. The Morgan fingerprint density at radius 1 is 0.789 bits per heavy atom. The summed E-state index contributed by atoms with van der Waals surface area (Å²) in [6.07, 6.45) is 6.07. The number of ether oxygens (including phenoxy) is 2. The molecule has 0 aliphatic heterocycles. The zero-order chi connectivity index (χ0) is 27.4. The Hall–Kier alpha value is -2.40. The molecule has 206 valence electrons. The minimum atomic E-state index is -2.61. The zero-order valence-corrected chi connectivity index (χ0v) is 25.4. The quantitative estimate of drug-likeness (QED) is 0.148. The van der Waals surface area contributed by atoms with Crippen molar-refractivity contribution in [1.29, 1.82) is 0 Å². The van der Waals surface area contributed by atoms with Crippen molar-refractivity contribution in [2.75, 3.05) is 13.7 Å². The molecule has 0 aliphatic carbocycles. The normalized spacial score (nSPS) is 13.7. The van der Waals surface area contributed by atoms with Crippen LogP contribution in [0, 0.1) is 5.92 Å². The lowest BCUT2D eigenvalue weighted by Gasteiger charge is -2.43. The minimum Gasteiger partial charge on any atom is -0.497 e. The molecule has 3 aromatic carbocycles. The topological polar surface area (TPSA) is 27.7 Å². The van der Waals surface area contributed by atoms with Crippen LogP contribution >= 0.6 is 0 Å². The minimum absolute atomic E-state index is 0.0235. The van der Waals surface area contributed by atoms with Crippen LogP contribution in [0.2, 0.25) is 5.04 Å². The highest BCUT2D eigenvalue weighted by molar-refractivity contribution is 6.99. The second-order valence-electron chi connectivity index (χ2n) is 11.6. The molecule has 0 aliphatic rings. The van der Waals surface area contributed by atoms with E-state index < -0.39 is 8.32 Å². The molecule has 0 heterocycles. The predicted octanol–water partition coefficient (Wildman–Crippen LogP) is 7.76. The molecule has 1 unspecified atom stereocenters. The van der Waals surface area contributed by atoms with E-state index >= 15 is 0 Å². The van der Waals surface area contributed by atoms with Crippen LogP contribution in [-0.2, 0) is 15.8 Å². The van der Waals surface area contributed by atoms with Gasteiger partial charge < -0.3 is 13.9 Å². The van der Waals surface area contributed by atoms with Gasteiger partial charge in [-0.25, -0.2) is 0 Å². The van der Waals surface area contributed by atoms with Crippen LogP contribution in [0.25, 0.3) is 0 Å². The Morgan fingerprint density at radius 2 is 1.37 bits per heavy atom. The van der Waals surface area contributed by atoms with E-state index in [9.17, 15) is 0 Å². The maximum Gasteiger partial charge on any atom is 0.261 e. The van der Waals surface area contributed by atoms with Gasteiger partial charge in [0.05, 0.1) is 26.4 Å². The molecule has 38 heavy (non-hydrogen) atoms. The molecule has 0 radical (unpaired) electrons. The van der Waals surface area contributed by atoms with Gasteiger partial charge in [0.15, 0.2) is 0 Å². The van der Waals surface area contributed by atoms with Gasteiger partial charge in [0.25, 0.3) is 8.32 Å². The summed E-state index contributed by atoms with van der Waals surface area (Å²) in [5.74, 6) is 1.45. The van der Waals surface area contributed by atoms with E-state index in [-0.39, 0.29) is 11.1 Å². The number of benzene rings is 3. The van der Waals surface area contributed by atoms with E-state index in [1.165, 1.54) is 36.1 Å². The molecule has 0 fully saturated rings. The van der Waals surface area contributed by atoms with E-state index in [2.05, 4.69) is 107 Å². The van der Waals surface area contributed by atoms with Gasteiger partial charge in [-0.15, -0.1) is 0 Å². The third-order valence-electron chi connectivity index (χ3n) is 7.51. The number of hydrogen-bond donors (Lipinski definition) is 0. The highest BCUT2D eigenvalue weighted by atomic mass is 28.4. The molecule has 0 N–H and O–H groups in total. The van der Waals surface area contributed by atoms with Gasteiger partial charge >= 0.3 is 0 Å². The van der Waals surface area contributed by atoms with E-state index in [4.69, 9.17) is 13.9 Å². The lowest BCUT2D eigenvalue weighted by atomic mass is 9.97. The first kappa shape index (κ1) is 30.1. The molecular weight excluding hydrogens is 484 g/mol. The smallest absolute Gasteiger partial charge is 0.261 e. The first-order chi connectivity index (χ1) is 18.3. The maximum absolute atomic E-state index is 7.27. The van der Waals surface area contributed by atoms with Crippen molar-refractivity contribution in [3.63, 3.8) is 0 Å². The van der Waals surface area contributed by atoms with E-state index in [0.717, 1.165) is 17.7 Å². The number of unbranched alkanes of at least 4 members (excludes halogenated alkanes) is 2. The summed E-state index contributed by atoms with van der Waals surface area (Å²) in [5, 5.41) is 2.57. The Labute approximate surface area is 232 Å². The fraction of sp³-hybridized carbons (Fsp3) is 0.471. The molecule has 0 saturated heterocycles. The average molecular weight is 533 g/mol. The van der Waals surface area contributed by atoms with Crippen LogP contribution in [0.1, 0.15) is 72.3 Å². The van der Waals surface area contributed by atoms with Crippen LogP contribution in [0.3, 0.4) is 0 Å². The van der Waals surface area contributed by atoms with Crippen LogP contribution in [0.4, 0.5) is 0 Å². The lowest BCUT2D eigenvalue weighted by molar-refractivity contribution is -0.00657. The second-order valence-corrected chi connectivity index (χ2v) is 15.9. The van der Waals surface area contributed by atoms with Gasteiger partial charge in [0.1, 0.15) is 5.75 Å². The highest BCUT2D eigenvalue weighted by Gasteiger charge is 2.50. The van der Waals surface area contributed by atoms with Crippen molar-refractivity contribution < 1.29 is 13.9 Å². The molecule has 2 atom stereocenters. The largest absolute Gasteiger partial charge is 0.497 e. The van der Waals surface area contributed by atoms with Crippen molar-refractivity contribution in [2.24, 2.45) is 5.92 Å². The van der Waals surface area contributed by atoms with Crippen molar-refractivity contribution in [3.8, 4) is 5.75 Å². The van der Waals surface area contributed by atoms with E-state index in [1.54, 1.807) is 7.11 Å². The molecule has 3 aromatic rings. The Kier molecular flexibility index (Phi) is 11.6. The molecule has 0 bridgehead atoms. The lowest BCUT2D eigenvalue weighted by Crippen LogP contribution is -2.67. The van der Waals surface area contributed by atoms with E-state index in [1.807, 2.05) is 12.1 Å². The molecule has 0 spiro atoms. The van der Waals surface area contributed by atoms with Crippen molar-refractivity contribution in [1.82, 2.24) is 0 Å². The summed E-state index contributed by atoms with van der Waals surface area (Å²) < 4.78 is 19.2. The summed E-state index contributed by atoms with van der Waals surface area (Å²) in [6.45, 7) is 12.8. The fourth-order valence-electron chi connectivity index (χ4n) is 5.41. The molecule has 4 heteroatoms. The summed E-state index contributed by atoms with van der Waals surface area (Å²) in [7, 11) is -0.913. The molecule has 0 saturated carbocycles. The summed E-state index contributed by atoms with van der Waals surface area (Å²) in [6, 6.07) is 29.9. The van der Waals surface area contributed by atoms with Crippen molar-refractivity contribution >= 4 is 18.7 Å². The van der Waals surface area contributed by atoms with Crippen LogP contribution < -0.4 is 15.1 Å². The van der Waals surface area contributed by atoms with Gasteiger partial charge in [0, 0.05) is 0 Å². The van der Waals surface area contributed by atoms with Crippen LogP contribution in [0.15, 0.2) is 84.9 Å². The van der Waals surface area contributed by atoms with Crippen LogP contribution in [0.5, 0.6) is 5.75 Å². The Bertz CT molecular complexity index is 1010. The fourth-order valence-corrected chi connectivity index (χ4v) is 10.0.